The summed E-state index contributed by atoms with van der Waals surface area (Å²) in [6.07, 6.45) is 0. The van der Waals surface area contributed by atoms with Crippen molar-refractivity contribution in [2.45, 2.75) is 83.1 Å². The maximum atomic E-state index is 5.94. The van der Waals surface area contributed by atoms with Gasteiger partial charge in [0, 0.05) is 0 Å². The van der Waals surface area contributed by atoms with Crippen LogP contribution in [-0.2, 0) is 0 Å². The summed E-state index contributed by atoms with van der Waals surface area (Å²) < 4.78 is 8.41. The first-order valence-corrected chi connectivity index (χ1v) is 21.7. The standard InChI is InChI=1S/C42H49N3Si2/c1-26-18-30(5)39(31(6)19-26)46(40-32(7)20-27(2)21-33(40)8)44-43-45(38-16-14-13-15-17-38)47(46,41-34(9)22-28(3)23-35(41)10)42-36(11)24-29(4)25-37(42)12/h13-25H,1-12H3. The number of nitrogens with zero attached hydrogens (tertiary/aromatic N) is 3. The van der Waals surface area contributed by atoms with E-state index >= 15 is 0 Å². The van der Waals surface area contributed by atoms with Crippen molar-refractivity contribution in [3.8, 4) is 0 Å². The van der Waals surface area contributed by atoms with Crippen LogP contribution in [0.25, 0.3) is 0 Å². The topological polar surface area (TPSA) is 28.0 Å². The lowest BCUT2D eigenvalue weighted by molar-refractivity contribution is 1.07. The average Bonchev–Trinajstić information content (AvgIpc) is 3.26. The zero-order valence-electron chi connectivity index (χ0n) is 30.3. The van der Waals surface area contributed by atoms with Crippen molar-refractivity contribution in [3.05, 3.63) is 146 Å². The van der Waals surface area contributed by atoms with E-state index in [9.17, 15) is 0 Å². The monoisotopic (exact) mass is 651 g/mol. The quantitative estimate of drug-likeness (QED) is 0.176. The Balaban J connectivity index is 2.02. The van der Waals surface area contributed by atoms with Crippen molar-refractivity contribution >= 4 is 41.9 Å². The summed E-state index contributed by atoms with van der Waals surface area (Å²) in [6, 6.07) is 30.1. The van der Waals surface area contributed by atoms with Crippen LogP contribution in [0.3, 0.4) is 0 Å². The van der Waals surface area contributed by atoms with Crippen LogP contribution in [0.1, 0.15) is 66.8 Å². The molecule has 1 heterocycles. The largest absolute Gasteiger partial charge is 0.296 e. The fourth-order valence-corrected chi connectivity index (χ4v) is 29.8. The first-order chi connectivity index (χ1) is 22.2. The molecule has 0 spiro atoms. The first kappa shape index (κ1) is 32.9. The summed E-state index contributed by atoms with van der Waals surface area (Å²) in [7, 11) is -6.51. The SMILES string of the molecule is Cc1cc(C)c([Si]2(c3c(C)cc(C)cc3C)N=NN(c3ccccc3)[Si]2(c2c(C)cc(C)cc2C)c2c(C)cc(C)cc2C)c(C)c1. The van der Waals surface area contributed by atoms with Crippen LogP contribution in [0.4, 0.5) is 5.69 Å². The molecule has 0 N–H and O–H groups in total. The summed E-state index contributed by atoms with van der Waals surface area (Å²) in [4.78, 5) is 0. The number of hydrogen-bond acceptors (Lipinski definition) is 3. The van der Waals surface area contributed by atoms with Gasteiger partial charge < -0.3 is 0 Å². The molecule has 0 fully saturated rings. The summed E-state index contributed by atoms with van der Waals surface area (Å²) in [6.45, 7) is 27.6. The number of hydrogen-bond donors (Lipinski definition) is 0. The maximum Gasteiger partial charge on any atom is 0.296 e. The fourth-order valence-electron chi connectivity index (χ4n) is 9.51. The van der Waals surface area contributed by atoms with E-state index in [1.165, 1.54) is 87.5 Å². The molecule has 0 radical (unpaired) electrons. The molecule has 5 aromatic rings. The fraction of sp³-hybridized carbons (Fsp3) is 0.286. The Morgan fingerprint density at radius 1 is 0.404 bits per heavy atom. The van der Waals surface area contributed by atoms with Crippen LogP contribution in [0.15, 0.2) is 88.9 Å². The number of rotatable bonds is 5. The molecule has 5 aromatic carbocycles. The van der Waals surface area contributed by atoms with Crippen molar-refractivity contribution in [2.75, 3.05) is 4.67 Å². The van der Waals surface area contributed by atoms with Crippen LogP contribution in [-0.4, -0.2) is 15.5 Å². The van der Waals surface area contributed by atoms with Crippen LogP contribution >= 0.6 is 0 Å². The Kier molecular flexibility index (Phi) is 8.30. The lowest BCUT2D eigenvalue weighted by Gasteiger charge is -2.48. The molecule has 6 rings (SSSR count). The number of anilines is 1. The molecule has 1 aliphatic heterocycles. The highest BCUT2D eigenvalue weighted by Gasteiger charge is 2.72. The predicted octanol–water partition coefficient (Wildman–Crippen LogP) is 8.17. The summed E-state index contributed by atoms with van der Waals surface area (Å²) in [5.41, 5.74) is 16.9. The Labute approximate surface area is 284 Å². The van der Waals surface area contributed by atoms with E-state index < -0.39 is 15.5 Å². The van der Waals surface area contributed by atoms with Gasteiger partial charge >= 0.3 is 0 Å². The predicted molar refractivity (Wildman–Crippen MR) is 206 cm³/mol. The summed E-state index contributed by atoms with van der Waals surface area (Å²) in [5, 5.41) is 11.3. The second-order valence-corrected chi connectivity index (χ2v) is 24.2. The van der Waals surface area contributed by atoms with Crippen molar-refractivity contribution in [3.63, 3.8) is 0 Å². The van der Waals surface area contributed by atoms with Gasteiger partial charge in [0.05, 0.1) is 5.69 Å². The van der Waals surface area contributed by atoms with Gasteiger partial charge in [-0.3, -0.25) is 4.67 Å². The van der Waals surface area contributed by atoms with Gasteiger partial charge in [-0.25, -0.2) is 4.78 Å². The van der Waals surface area contributed by atoms with E-state index in [0.717, 1.165) is 5.69 Å². The minimum absolute atomic E-state index is 1.11. The molecule has 47 heavy (non-hydrogen) atoms. The molecule has 0 amide bonds. The van der Waals surface area contributed by atoms with Gasteiger partial charge in [0.1, 0.15) is 0 Å². The van der Waals surface area contributed by atoms with Crippen molar-refractivity contribution in [2.24, 2.45) is 10.0 Å². The van der Waals surface area contributed by atoms with E-state index in [0.29, 0.717) is 0 Å². The Morgan fingerprint density at radius 3 is 1.02 bits per heavy atom. The van der Waals surface area contributed by atoms with Gasteiger partial charge in [0.2, 0.25) is 0 Å². The van der Waals surface area contributed by atoms with Crippen molar-refractivity contribution in [1.82, 2.24) is 0 Å². The minimum Gasteiger partial charge on any atom is -0.267 e. The van der Waals surface area contributed by atoms with Gasteiger partial charge in [-0.05, 0) is 160 Å². The van der Waals surface area contributed by atoms with Gasteiger partial charge in [0.15, 0.2) is 0 Å². The third-order valence-electron chi connectivity index (χ3n) is 10.3. The van der Waals surface area contributed by atoms with E-state index in [2.05, 4.69) is 167 Å². The molecule has 5 heteroatoms. The highest BCUT2D eigenvalue weighted by atomic mass is 29.3. The van der Waals surface area contributed by atoms with Gasteiger partial charge in [-0.15, -0.1) is 0 Å². The van der Waals surface area contributed by atoms with Crippen LogP contribution in [0.5, 0.6) is 0 Å². The third-order valence-corrected chi connectivity index (χ3v) is 25.8. The molecule has 240 valence electrons. The van der Waals surface area contributed by atoms with Crippen molar-refractivity contribution < 1.29 is 0 Å². The number of benzene rings is 5. The molecular weight excluding hydrogens is 603 g/mol. The van der Waals surface area contributed by atoms with Gasteiger partial charge in [0.25, 0.3) is 15.5 Å². The molecule has 0 atom stereocenters. The summed E-state index contributed by atoms with van der Waals surface area (Å²) >= 11 is 0. The molecule has 0 saturated heterocycles. The van der Waals surface area contributed by atoms with Crippen LogP contribution in [0, 0.1) is 83.1 Å². The molecule has 0 saturated carbocycles. The maximum absolute atomic E-state index is 5.94. The molecule has 0 unspecified atom stereocenters. The molecule has 0 aliphatic carbocycles. The van der Waals surface area contributed by atoms with Gasteiger partial charge in [-0.1, -0.05) is 94.2 Å². The number of para-hydroxylation sites is 1. The smallest absolute Gasteiger partial charge is 0.267 e. The minimum atomic E-state index is -3.26. The van der Waals surface area contributed by atoms with E-state index in [1.54, 1.807) is 0 Å². The number of aryl methyl sites for hydroxylation is 12. The van der Waals surface area contributed by atoms with E-state index in [-0.39, 0.29) is 0 Å². The molecule has 3 nitrogen and oxygen atoms in total. The Morgan fingerprint density at radius 2 is 0.702 bits per heavy atom. The highest BCUT2D eigenvalue weighted by Crippen LogP contribution is 2.40. The van der Waals surface area contributed by atoms with E-state index in [4.69, 9.17) is 10.0 Å². The summed E-state index contributed by atoms with van der Waals surface area (Å²) in [5.74, 6) is 0. The highest BCUT2D eigenvalue weighted by molar-refractivity contribution is 7.61. The second-order valence-electron chi connectivity index (χ2n) is 14.4. The third kappa shape index (κ3) is 4.89. The zero-order chi connectivity index (χ0) is 34.0. The molecule has 1 aliphatic rings. The lowest BCUT2D eigenvalue weighted by Crippen LogP contribution is -2.90. The second kappa shape index (κ2) is 11.9. The zero-order valence-corrected chi connectivity index (χ0v) is 32.3. The van der Waals surface area contributed by atoms with Crippen LogP contribution < -0.4 is 25.4 Å². The Hall–Kier alpha value is -4.07. The molecule has 0 aromatic heterocycles. The first-order valence-electron chi connectivity index (χ1n) is 16.9. The normalized spacial score (nSPS) is 15.0. The lowest BCUT2D eigenvalue weighted by atomic mass is 10.1. The van der Waals surface area contributed by atoms with Gasteiger partial charge in [-0.2, -0.15) is 0 Å². The van der Waals surface area contributed by atoms with E-state index in [1.807, 2.05) is 0 Å². The van der Waals surface area contributed by atoms with Crippen molar-refractivity contribution in [1.29, 1.82) is 0 Å². The average molecular weight is 652 g/mol. The Bertz CT molecular complexity index is 1870. The van der Waals surface area contributed by atoms with Crippen LogP contribution in [0.2, 0.25) is 0 Å². The molecular formula is C42H49N3Si2. The molecule has 0 bridgehead atoms.